The maximum absolute atomic E-state index is 9.12. The molecule has 0 aliphatic rings. The Morgan fingerprint density at radius 3 is 2.80 bits per heavy atom. The van der Waals surface area contributed by atoms with Crippen LogP contribution in [0.1, 0.15) is 5.56 Å². The summed E-state index contributed by atoms with van der Waals surface area (Å²) < 4.78 is 5.82. The van der Waals surface area contributed by atoms with Crippen molar-refractivity contribution in [2.45, 2.75) is 0 Å². The molecule has 4 heteroatoms. The van der Waals surface area contributed by atoms with Crippen LogP contribution in [-0.2, 0) is 0 Å². The molecule has 20 heavy (non-hydrogen) atoms. The smallest absolute Gasteiger partial charge is 0.153 e. The van der Waals surface area contributed by atoms with Crippen LogP contribution in [0.25, 0.3) is 10.9 Å². The second-order valence-electron chi connectivity index (χ2n) is 4.18. The zero-order valence-corrected chi connectivity index (χ0v) is 11.1. The van der Waals surface area contributed by atoms with Crippen molar-refractivity contribution >= 4 is 22.5 Å². The molecule has 2 aromatic carbocycles. The van der Waals surface area contributed by atoms with Crippen molar-refractivity contribution in [2.75, 3.05) is 0 Å². The van der Waals surface area contributed by atoms with Crippen molar-refractivity contribution in [2.24, 2.45) is 0 Å². The number of aromatic nitrogens is 1. The number of nitrogens with zero attached hydrogens (tertiary/aromatic N) is 2. The lowest BCUT2D eigenvalue weighted by Crippen LogP contribution is -1.90. The number of halogens is 1. The molecular weight excluding hydrogens is 272 g/mol. The van der Waals surface area contributed by atoms with Crippen LogP contribution in [0, 0.1) is 11.3 Å². The summed E-state index contributed by atoms with van der Waals surface area (Å²) in [5, 5.41) is 10.5. The maximum Gasteiger partial charge on any atom is 0.153 e. The third-order valence-corrected chi connectivity index (χ3v) is 3.11. The molecule has 0 unspecified atom stereocenters. The molecule has 0 fully saturated rings. The van der Waals surface area contributed by atoms with E-state index in [9.17, 15) is 0 Å². The Hall–Kier alpha value is -2.57. The van der Waals surface area contributed by atoms with Crippen molar-refractivity contribution in [3.63, 3.8) is 0 Å². The Labute approximate surface area is 121 Å². The van der Waals surface area contributed by atoms with Crippen LogP contribution in [0.2, 0.25) is 5.02 Å². The molecule has 3 aromatic rings. The molecule has 96 valence electrons. The van der Waals surface area contributed by atoms with Crippen molar-refractivity contribution in [1.82, 2.24) is 4.98 Å². The normalized spacial score (nSPS) is 10.2. The van der Waals surface area contributed by atoms with Gasteiger partial charge in [0, 0.05) is 16.6 Å². The van der Waals surface area contributed by atoms with Gasteiger partial charge in [0.15, 0.2) is 5.75 Å². The Kier molecular flexibility index (Phi) is 3.24. The molecule has 0 spiro atoms. The molecule has 3 nitrogen and oxygen atoms in total. The van der Waals surface area contributed by atoms with E-state index in [-0.39, 0.29) is 0 Å². The van der Waals surface area contributed by atoms with Gasteiger partial charge in [-0.05, 0) is 42.5 Å². The highest BCUT2D eigenvalue weighted by molar-refractivity contribution is 6.30. The lowest BCUT2D eigenvalue weighted by Gasteiger charge is -2.09. The van der Waals surface area contributed by atoms with Gasteiger partial charge in [0.1, 0.15) is 11.3 Å². The standard InChI is InChI=1S/C16H9ClN2O/c17-12-3-1-4-13(9-12)20-15-7-6-11(10-18)14-5-2-8-19-16(14)15/h1-9H. The number of benzene rings is 2. The van der Waals surface area contributed by atoms with Gasteiger partial charge in [-0.25, -0.2) is 0 Å². The summed E-state index contributed by atoms with van der Waals surface area (Å²) in [7, 11) is 0. The average molecular weight is 281 g/mol. The van der Waals surface area contributed by atoms with Crippen LogP contribution < -0.4 is 4.74 Å². The molecule has 0 atom stereocenters. The second kappa shape index (κ2) is 5.20. The van der Waals surface area contributed by atoms with E-state index >= 15 is 0 Å². The first-order valence-corrected chi connectivity index (χ1v) is 6.37. The van der Waals surface area contributed by atoms with E-state index in [1.165, 1.54) is 0 Å². The fourth-order valence-electron chi connectivity index (χ4n) is 1.98. The predicted octanol–water partition coefficient (Wildman–Crippen LogP) is 4.55. The first-order valence-electron chi connectivity index (χ1n) is 5.99. The summed E-state index contributed by atoms with van der Waals surface area (Å²) in [6.45, 7) is 0. The monoisotopic (exact) mass is 280 g/mol. The minimum atomic E-state index is 0.576. The summed E-state index contributed by atoms with van der Waals surface area (Å²) in [5.74, 6) is 1.23. The van der Waals surface area contributed by atoms with Gasteiger partial charge in [0.2, 0.25) is 0 Å². The number of hydrogen-bond donors (Lipinski definition) is 0. The number of ether oxygens (including phenoxy) is 1. The molecule has 0 aliphatic heterocycles. The molecule has 0 amide bonds. The SMILES string of the molecule is N#Cc1ccc(Oc2cccc(Cl)c2)c2ncccc12. The third-order valence-electron chi connectivity index (χ3n) is 2.88. The van der Waals surface area contributed by atoms with Crippen molar-refractivity contribution in [1.29, 1.82) is 5.26 Å². The van der Waals surface area contributed by atoms with E-state index in [0.29, 0.717) is 27.6 Å². The summed E-state index contributed by atoms with van der Waals surface area (Å²) in [6.07, 6.45) is 1.67. The van der Waals surface area contributed by atoms with Gasteiger partial charge in [-0.15, -0.1) is 0 Å². The summed E-state index contributed by atoms with van der Waals surface area (Å²) in [6, 6.07) is 16.4. The van der Waals surface area contributed by atoms with E-state index in [1.54, 1.807) is 36.5 Å². The van der Waals surface area contributed by atoms with Gasteiger partial charge in [-0.3, -0.25) is 4.98 Å². The topological polar surface area (TPSA) is 45.9 Å². The van der Waals surface area contributed by atoms with E-state index in [0.717, 1.165) is 5.39 Å². The zero-order valence-electron chi connectivity index (χ0n) is 10.4. The van der Waals surface area contributed by atoms with Crippen molar-refractivity contribution in [3.05, 3.63) is 65.3 Å². The minimum absolute atomic E-state index is 0.576. The number of fused-ring (bicyclic) bond motifs is 1. The van der Waals surface area contributed by atoms with Crippen LogP contribution in [0.4, 0.5) is 0 Å². The van der Waals surface area contributed by atoms with Gasteiger partial charge in [0.05, 0.1) is 11.6 Å². The highest BCUT2D eigenvalue weighted by Gasteiger charge is 2.08. The number of rotatable bonds is 2. The van der Waals surface area contributed by atoms with Gasteiger partial charge in [-0.2, -0.15) is 5.26 Å². The first kappa shape index (κ1) is 12.5. The molecule has 0 saturated carbocycles. The van der Waals surface area contributed by atoms with Crippen LogP contribution in [0.5, 0.6) is 11.5 Å². The summed E-state index contributed by atoms with van der Waals surface area (Å²) in [5.41, 5.74) is 1.23. The molecular formula is C16H9ClN2O. The largest absolute Gasteiger partial charge is 0.455 e. The first-order chi connectivity index (χ1) is 9.78. The second-order valence-corrected chi connectivity index (χ2v) is 4.62. The van der Waals surface area contributed by atoms with Crippen LogP contribution in [0.3, 0.4) is 0 Å². The average Bonchev–Trinajstić information content (AvgIpc) is 2.48. The number of pyridine rings is 1. The third kappa shape index (κ3) is 2.29. The Bertz CT molecular complexity index is 824. The molecule has 3 rings (SSSR count). The van der Waals surface area contributed by atoms with Crippen molar-refractivity contribution in [3.8, 4) is 17.6 Å². The van der Waals surface area contributed by atoms with Crippen molar-refractivity contribution < 1.29 is 4.74 Å². The minimum Gasteiger partial charge on any atom is -0.455 e. The molecule has 1 aromatic heterocycles. The van der Waals surface area contributed by atoms with E-state index in [4.69, 9.17) is 21.6 Å². The quantitative estimate of drug-likeness (QED) is 0.691. The highest BCUT2D eigenvalue weighted by atomic mass is 35.5. The van der Waals surface area contributed by atoms with Gasteiger partial charge < -0.3 is 4.74 Å². The molecule has 0 bridgehead atoms. The fraction of sp³-hybridized carbons (Fsp3) is 0. The Morgan fingerprint density at radius 2 is 2.00 bits per heavy atom. The Morgan fingerprint density at radius 1 is 1.10 bits per heavy atom. The number of hydrogen-bond acceptors (Lipinski definition) is 3. The number of nitriles is 1. The van der Waals surface area contributed by atoms with Crippen LogP contribution in [-0.4, -0.2) is 4.98 Å². The van der Waals surface area contributed by atoms with Crippen LogP contribution in [0.15, 0.2) is 54.7 Å². The Balaban J connectivity index is 2.11. The lowest BCUT2D eigenvalue weighted by atomic mass is 10.1. The fourth-order valence-corrected chi connectivity index (χ4v) is 2.16. The highest BCUT2D eigenvalue weighted by Crippen LogP contribution is 2.31. The molecule has 1 heterocycles. The van der Waals surface area contributed by atoms with E-state index < -0.39 is 0 Å². The summed E-state index contributed by atoms with van der Waals surface area (Å²) in [4.78, 5) is 4.30. The lowest BCUT2D eigenvalue weighted by molar-refractivity contribution is 0.487. The molecule has 0 radical (unpaired) electrons. The molecule has 0 N–H and O–H groups in total. The predicted molar refractivity (Wildman–Crippen MR) is 78.0 cm³/mol. The maximum atomic E-state index is 9.12. The molecule has 0 saturated heterocycles. The van der Waals surface area contributed by atoms with Gasteiger partial charge in [-0.1, -0.05) is 17.7 Å². The van der Waals surface area contributed by atoms with E-state index in [1.807, 2.05) is 18.2 Å². The van der Waals surface area contributed by atoms with Crippen LogP contribution >= 0.6 is 11.6 Å². The van der Waals surface area contributed by atoms with Gasteiger partial charge >= 0.3 is 0 Å². The van der Waals surface area contributed by atoms with Gasteiger partial charge in [0.25, 0.3) is 0 Å². The summed E-state index contributed by atoms with van der Waals surface area (Å²) >= 11 is 5.94. The van der Waals surface area contributed by atoms with E-state index in [2.05, 4.69) is 11.1 Å². The zero-order chi connectivity index (χ0) is 13.9. The molecule has 0 aliphatic carbocycles.